The third kappa shape index (κ3) is 1.85. The highest BCUT2D eigenvalue weighted by Gasteiger charge is 2.28. The molecule has 0 spiro atoms. The summed E-state index contributed by atoms with van der Waals surface area (Å²) in [5, 5.41) is 3.26. The van der Waals surface area contributed by atoms with Crippen LogP contribution in [0.15, 0.2) is 0 Å². The maximum Gasteiger partial charge on any atom is 0.222 e. The smallest absolute Gasteiger partial charge is 0.222 e. The van der Waals surface area contributed by atoms with Gasteiger partial charge >= 0.3 is 0 Å². The first-order valence-corrected chi connectivity index (χ1v) is 5.27. The fourth-order valence-corrected chi connectivity index (χ4v) is 2.10. The van der Waals surface area contributed by atoms with Crippen LogP contribution in [0.2, 0.25) is 0 Å². The van der Waals surface area contributed by atoms with Gasteiger partial charge in [-0.25, -0.2) is 0 Å². The average Bonchev–Trinajstić information content (AvgIpc) is 2.32. The molecule has 3 heteroatoms. The minimum atomic E-state index is 0.361. The van der Waals surface area contributed by atoms with Crippen LogP contribution in [0.3, 0.4) is 0 Å². The van der Waals surface area contributed by atoms with Gasteiger partial charge < -0.3 is 10.2 Å². The standard InChI is InChI=1S/C10H18N2O/c1-8-2-3-10(13)12(8)5-4-9-6-11-7-9/h8-9,11H,2-7H2,1H3. The first-order valence-electron chi connectivity index (χ1n) is 5.27. The third-order valence-electron chi connectivity index (χ3n) is 3.27. The lowest BCUT2D eigenvalue weighted by Crippen LogP contribution is -2.44. The fourth-order valence-electron chi connectivity index (χ4n) is 2.10. The molecule has 1 atom stereocenters. The number of nitrogens with zero attached hydrogens (tertiary/aromatic N) is 1. The molecule has 2 aliphatic heterocycles. The SMILES string of the molecule is CC1CCC(=O)N1CCC1CNC1. The van der Waals surface area contributed by atoms with Crippen LogP contribution < -0.4 is 5.32 Å². The van der Waals surface area contributed by atoms with Crippen molar-refractivity contribution < 1.29 is 4.79 Å². The summed E-state index contributed by atoms with van der Waals surface area (Å²) in [6, 6.07) is 0.487. The summed E-state index contributed by atoms with van der Waals surface area (Å²) in [7, 11) is 0. The van der Waals surface area contributed by atoms with Gasteiger partial charge in [0.1, 0.15) is 0 Å². The number of hydrogen-bond acceptors (Lipinski definition) is 2. The molecule has 2 aliphatic rings. The second kappa shape index (κ2) is 3.66. The number of carbonyl (C=O) groups excluding carboxylic acids is 1. The quantitative estimate of drug-likeness (QED) is 0.693. The van der Waals surface area contributed by atoms with Crippen molar-refractivity contribution in [3.05, 3.63) is 0 Å². The molecule has 3 nitrogen and oxygen atoms in total. The van der Waals surface area contributed by atoms with Crippen molar-refractivity contribution in [2.45, 2.75) is 32.2 Å². The van der Waals surface area contributed by atoms with Gasteiger partial charge in [0.05, 0.1) is 0 Å². The van der Waals surface area contributed by atoms with Gasteiger partial charge in [0, 0.05) is 19.0 Å². The fraction of sp³-hybridized carbons (Fsp3) is 0.900. The number of hydrogen-bond donors (Lipinski definition) is 1. The van der Waals surface area contributed by atoms with Crippen LogP contribution in [0.4, 0.5) is 0 Å². The van der Waals surface area contributed by atoms with E-state index in [1.165, 1.54) is 6.42 Å². The Hall–Kier alpha value is -0.570. The number of rotatable bonds is 3. The van der Waals surface area contributed by atoms with Crippen LogP contribution in [0, 0.1) is 5.92 Å². The summed E-state index contributed by atoms with van der Waals surface area (Å²) in [6.07, 6.45) is 3.01. The van der Waals surface area contributed by atoms with Crippen molar-refractivity contribution in [3.63, 3.8) is 0 Å². The molecular weight excluding hydrogens is 164 g/mol. The van der Waals surface area contributed by atoms with Crippen LogP contribution >= 0.6 is 0 Å². The summed E-state index contributed by atoms with van der Waals surface area (Å²) < 4.78 is 0. The van der Waals surface area contributed by atoms with Crippen molar-refractivity contribution in [3.8, 4) is 0 Å². The molecule has 0 aromatic heterocycles. The molecule has 0 bridgehead atoms. The van der Waals surface area contributed by atoms with Gasteiger partial charge in [-0.2, -0.15) is 0 Å². The molecule has 0 saturated carbocycles. The molecule has 13 heavy (non-hydrogen) atoms. The van der Waals surface area contributed by atoms with Crippen LogP contribution in [0.1, 0.15) is 26.2 Å². The molecule has 2 saturated heterocycles. The van der Waals surface area contributed by atoms with Crippen molar-refractivity contribution in [1.29, 1.82) is 0 Å². The highest BCUT2D eigenvalue weighted by molar-refractivity contribution is 5.78. The topological polar surface area (TPSA) is 32.3 Å². The van der Waals surface area contributed by atoms with Crippen LogP contribution in [-0.2, 0) is 4.79 Å². The Labute approximate surface area is 79.5 Å². The summed E-state index contributed by atoms with van der Waals surface area (Å²) in [5.41, 5.74) is 0. The van der Waals surface area contributed by atoms with E-state index in [0.29, 0.717) is 11.9 Å². The summed E-state index contributed by atoms with van der Waals surface area (Å²) in [4.78, 5) is 13.5. The van der Waals surface area contributed by atoms with E-state index in [-0.39, 0.29) is 0 Å². The first kappa shape index (κ1) is 9.00. The zero-order chi connectivity index (χ0) is 9.26. The largest absolute Gasteiger partial charge is 0.340 e. The van der Waals surface area contributed by atoms with E-state index >= 15 is 0 Å². The van der Waals surface area contributed by atoms with Crippen LogP contribution in [0.5, 0.6) is 0 Å². The number of likely N-dealkylation sites (tertiary alicyclic amines) is 1. The van der Waals surface area contributed by atoms with Crippen molar-refractivity contribution >= 4 is 5.91 Å². The monoisotopic (exact) mass is 182 g/mol. The van der Waals surface area contributed by atoms with E-state index in [1.807, 2.05) is 0 Å². The summed E-state index contributed by atoms with van der Waals surface area (Å²) >= 11 is 0. The predicted molar refractivity (Wildman–Crippen MR) is 51.4 cm³/mol. The maximum absolute atomic E-state index is 11.4. The van der Waals surface area contributed by atoms with Gasteiger partial charge in [0.15, 0.2) is 0 Å². The normalized spacial score (nSPS) is 29.5. The number of amides is 1. The van der Waals surface area contributed by atoms with Gasteiger partial charge in [-0.05, 0) is 38.8 Å². The molecular formula is C10H18N2O. The van der Waals surface area contributed by atoms with Crippen molar-refractivity contribution in [2.24, 2.45) is 5.92 Å². The Bertz CT molecular complexity index is 201. The molecule has 1 amide bonds. The maximum atomic E-state index is 11.4. The zero-order valence-electron chi connectivity index (χ0n) is 8.25. The van der Waals surface area contributed by atoms with Gasteiger partial charge in [-0.1, -0.05) is 0 Å². The second-order valence-corrected chi connectivity index (χ2v) is 4.29. The summed E-state index contributed by atoms with van der Waals surface area (Å²) in [6.45, 7) is 5.43. The van der Waals surface area contributed by atoms with Gasteiger partial charge in [0.25, 0.3) is 0 Å². The minimum absolute atomic E-state index is 0.361. The average molecular weight is 182 g/mol. The summed E-state index contributed by atoms with van der Waals surface area (Å²) in [5.74, 6) is 1.18. The third-order valence-corrected chi connectivity index (χ3v) is 3.27. The first-order chi connectivity index (χ1) is 6.27. The van der Waals surface area contributed by atoms with E-state index in [2.05, 4.69) is 17.1 Å². The molecule has 1 unspecified atom stereocenters. The Kier molecular flexibility index (Phi) is 2.54. The molecule has 0 aliphatic carbocycles. The lowest BCUT2D eigenvalue weighted by Gasteiger charge is -2.30. The lowest BCUT2D eigenvalue weighted by molar-refractivity contribution is -0.128. The van der Waals surface area contributed by atoms with Gasteiger partial charge in [0.2, 0.25) is 5.91 Å². The number of carbonyl (C=O) groups is 1. The van der Waals surface area contributed by atoms with Gasteiger partial charge in [-0.15, -0.1) is 0 Å². The molecule has 0 radical (unpaired) electrons. The molecule has 2 rings (SSSR count). The highest BCUT2D eigenvalue weighted by Crippen LogP contribution is 2.20. The van der Waals surface area contributed by atoms with E-state index in [9.17, 15) is 4.79 Å². The predicted octanol–water partition coefficient (Wildman–Crippen LogP) is 0.607. The number of nitrogens with one attached hydrogen (secondary N) is 1. The Morgan fingerprint density at radius 1 is 1.54 bits per heavy atom. The van der Waals surface area contributed by atoms with Crippen molar-refractivity contribution in [2.75, 3.05) is 19.6 Å². The Morgan fingerprint density at radius 3 is 2.77 bits per heavy atom. The minimum Gasteiger partial charge on any atom is -0.340 e. The van der Waals surface area contributed by atoms with Crippen LogP contribution in [-0.4, -0.2) is 36.5 Å². The van der Waals surface area contributed by atoms with E-state index in [0.717, 1.165) is 38.4 Å². The molecule has 74 valence electrons. The molecule has 2 heterocycles. The van der Waals surface area contributed by atoms with E-state index in [1.54, 1.807) is 0 Å². The molecule has 0 aromatic rings. The van der Waals surface area contributed by atoms with Crippen molar-refractivity contribution in [1.82, 2.24) is 10.2 Å². The van der Waals surface area contributed by atoms with E-state index < -0.39 is 0 Å². The van der Waals surface area contributed by atoms with Crippen LogP contribution in [0.25, 0.3) is 0 Å². The van der Waals surface area contributed by atoms with Gasteiger partial charge in [-0.3, -0.25) is 4.79 Å². The van der Waals surface area contributed by atoms with E-state index in [4.69, 9.17) is 0 Å². The highest BCUT2D eigenvalue weighted by atomic mass is 16.2. The Morgan fingerprint density at radius 2 is 2.31 bits per heavy atom. The molecule has 2 fully saturated rings. The second-order valence-electron chi connectivity index (χ2n) is 4.29. The zero-order valence-corrected chi connectivity index (χ0v) is 8.25. The lowest BCUT2D eigenvalue weighted by atomic mass is 9.99. The Balaban J connectivity index is 1.75. The molecule has 0 aromatic carbocycles. The molecule has 1 N–H and O–H groups in total.